The standard InChI is InChI=1S/C24H27FN4O3/c1-2-32-23(30)21-19(26-24(31)27-22(21)17-8-4-3-5-9-17)16-28-12-14-29(15-13-28)20-11-7-6-10-18(20)25/h3-11,22H,2,12-16H2,1H3,(H2,26,27,31)/t22-/m0/s1. The molecule has 2 N–H and O–H groups in total. The Hall–Kier alpha value is -3.39. The summed E-state index contributed by atoms with van der Waals surface area (Å²) in [5.41, 5.74) is 2.36. The average molecular weight is 439 g/mol. The summed E-state index contributed by atoms with van der Waals surface area (Å²) in [6.07, 6.45) is 0. The molecule has 2 aliphatic rings. The van der Waals surface area contributed by atoms with Crippen molar-refractivity contribution < 1.29 is 18.7 Å². The molecule has 2 heterocycles. The highest BCUT2D eigenvalue weighted by molar-refractivity contribution is 5.95. The van der Waals surface area contributed by atoms with E-state index in [1.807, 2.05) is 41.3 Å². The van der Waals surface area contributed by atoms with Crippen molar-refractivity contribution in [2.45, 2.75) is 13.0 Å². The van der Waals surface area contributed by atoms with E-state index in [2.05, 4.69) is 15.5 Å². The number of halogens is 1. The van der Waals surface area contributed by atoms with Crippen LogP contribution in [0.1, 0.15) is 18.5 Å². The van der Waals surface area contributed by atoms with Crippen LogP contribution in [0.25, 0.3) is 0 Å². The quantitative estimate of drug-likeness (QED) is 0.679. The van der Waals surface area contributed by atoms with Gasteiger partial charge in [0.1, 0.15) is 5.82 Å². The highest BCUT2D eigenvalue weighted by atomic mass is 19.1. The van der Waals surface area contributed by atoms with Crippen LogP contribution in [-0.2, 0) is 9.53 Å². The van der Waals surface area contributed by atoms with Gasteiger partial charge in [-0.05, 0) is 24.6 Å². The topological polar surface area (TPSA) is 73.9 Å². The largest absolute Gasteiger partial charge is 0.463 e. The molecule has 0 radical (unpaired) electrons. The van der Waals surface area contributed by atoms with Crippen molar-refractivity contribution in [1.29, 1.82) is 0 Å². The predicted molar refractivity (Wildman–Crippen MR) is 120 cm³/mol. The fourth-order valence-corrected chi connectivity index (χ4v) is 4.17. The van der Waals surface area contributed by atoms with Gasteiger partial charge >= 0.3 is 12.0 Å². The first-order valence-corrected chi connectivity index (χ1v) is 10.8. The van der Waals surface area contributed by atoms with Crippen LogP contribution >= 0.6 is 0 Å². The van der Waals surface area contributed by atoms with E-state index in [4.69, 9.17) is 4.74 Å². The molecular weight excluding hydrogens is 411 g/mol. The molecule has 2 aromatic carbocycles. The van der Waals surface area contributed by atoms with Crippen molar-refractivity contribution in [3.63, 3.8) is 0 Å². The molecule has 0 spiro atoms. The number of piperazine rings is 1. The van der Waals surface area contributed by atoms with E-state index in [-0.39, 0.29) is 18.5 Å². The molecule has 32 heavy (non-hydrogen) atoms. The summed E-state index contributed by atoms with van der Waals surface area (Å²) < 4.78 is 19.5. The maximum absolute atomic E-state index is 14.1. The number of rotatable bonds is 6. The second kappa shape index (κ2) is 9.82. The number of esters is 1. The normalized spacial score (nSPS) is 19.4. The SMILES string of the molecule is CCOC(=O)C1=C(CN2CCN(c3ccccc3F)CC2)NC(=O)N[C@H]1c1ccccc1. The smallest absolute Gasteiger partial charge is 0.338 e. The summed E-state index contributed by atoms with van der Waals surface area (Å²) in [4.78, 5) is 29.5. The van der Waals surface area contributed by atoms with Gasteiger partial charge in [0, 0.05) is 38.4 Å². The van der Waals surface area contributed by atoms with Gasteiger partial charge in [-0.2, -0.15) is 0 Å². The van der Waals surface area contributed by atoms with Gasteiger partial charge in [-0.15, -0.1) is 0 Å². The summed E-state index contributed by atoms with van der Waals surface area (Å²) in [7, 11) is 0. The third-order valence-corrected chi connectivity index (χ3v) is 5.73. The average Bonchev–Trinajstić information content (AvgIpc) is 2.80. The van der Waals surface area contributed by atoms with Crippen molar-refractivity contribution in [2.75, 3.05) is 44.2 Å². The van der Waals surface area contributed by atoms with Crippen molar-refractivity contribution in [3.8, 4) is 0 Å². The van der Waals surface area contributed by atoms with Gasteiger partial charge in [0.05, 0.1) is 23.9 Å². The Kier molecular flexibility index (Phi) is 6.70. The first-order chi connectivity index (χ1) is 15.6. The third kappa shape index (κ3) is 4.75. The molecule has 2 aliphatic heterocycles. The van der Waals surface area contributed by atoms with Crippen molar-refractivity contribution in [3.05, 3.63) is 77.2 Å². The zero-order valence-corrected chi connectivity index (χ0v) is 18.0. The van der Waals surface area contributed by atoms with E-state index in [0.717, 1.165) is 5.56 Å². The fraction of sp³-hybridized carbons (Fsp3) is 0.333. The van der Waals surface area contributed by atoms with E-state index < -0.39 is 12.0 Å². The molecule has 1 atom stereocenters. The van der Waals surface area contributed by atoms with Gasteiger partial charge in [0.15, 0.2) is 0 Å². The van der Waals surface area contributed by atoms with Crippen LogP contribution in [0.5, 0.6) is 0 Å². The van der Waals surface area contributed by atoms with Crippen LogP contribution < -0.4 is 15.5 Å². The zero-order chi connectivity index (χ0) is 22.5. The minimum atomic E-state index is -0.585. The number of para-hydroxylation sites is 1. The Morgan fingerprint density at radius 1 is 1.06 bits per heavy atom. The van der Waals surface area contributed by atoms with Crippen molar-refractivity contribution in [1.82, 2.24) is 15.5 Å². The second-order valence-electron chi connectivity index (χ2n) is 7.77. The number of urea groups is 1. The lowest BCUT2D eigenvalue weighted by Gasteiger charge is -2.38. The minimum absolute atomic E-state index is 0.232. The summed E-state index contributed by atoms with van der Waals surface area (Å²) >= 11 is 0. The zero-order valence-electron chi connectivity index (χ0n) is 18.0. The lowest BCUT2D eigenvalue weighted by Crippen LogP contribution is -2.52. The summed E-state index contributed by atoms with van der Waals surface area (Å²) in [6, 6.07) is 15.2. The highest BCUT2D eigenvalue weighted by Crippen LogP contribution is 2.28. The number of nitrogens with one attached hydrogen (secondary N) is 2. The number of hydrogen-bond donors (Lipinski definition) is 2. The van der Waals surface area contributed by atoms with Gasteiger partial charge in [0.25, 0.3) is 0 Å². The lowest BCUT2D eigenvalue weighted by atomic mass is 9.95. The predicted octanol–water partition coefficient (Wildman–Crippen LogP) is 2.82. The van der Waals surface area contributed by atoms with E-state index in [0.29, 0.717) is 49.7 Å². The van der Waals surface area contributed by atoms with Gasteiger partial charge in [-0.25, -0.2) is 14.0 Å². The molecule has 8 heteroatoms. The monoisotopic (exact) mass is 438 g/mol. The lowest BCUT2D eigenvalue weighted by molar-refractivity contribution is -0.139. The molecule has 0 aromatic heterocycles. The van der Waals surface area contributed by atoms with Crippen LogP contribution in [0.2, 0.25) is 0 Å². The maximum atomic E-state index is 14.1. The first-order valence-electron chi connectivity index (χ1n) is 10.8. The van der Waals surface area contributed by atoms with Gasteiger partial charge < -0.3 is 20.3 Å². The molecule has 7 nitrogen and oxygen atoms in total. The van der Waals surface area contributed by atoms with E-state index >= 15 is 0 Å². The number of anilines is 1. The maximum Gasteiger partial charge on any atom is 0.338 e. The third-order valence-electron chi connectivity index (χ3n) is 5.73. The molecule has 2 aromatic rings. The molecule has 168 valence electrons. The molecule has 0 saturated carbocycles. The van der Waals surface area contributed by atoms with Crippen LogP contribution in [0.15, 0.2) is 65.9 Å². The fourth-order valence-electron chi connectivity index (χ4n) is 4.17. The first kappa shape index (κ1) is 21.8. The number of nitrogens with zero attached hydrogens (tertiary/aromatic N) is 2. The van der Waals surface area contributed by atoms with Crippen LogP contribution in [0.3, 0.4) is 0 Å². The van der Waals surface area contributed by atoms with Gasteiger partial charge in [-0.3, -0.25) is 4.90 Å². The summed E-state index contributed by atoms with van der Waals surface area (Å²) in [5, 5.41) is 5.67. The molecule has 2 amide bonds. The Balaban J connectivity index is 1.55. The van der Waals surface area contributed by atoms with Crippen LogP contribution in [-0.4, -0.2) is 56.2 Å². The number of amides is 2. The molecule has 0 unspecified atom stereocenters. The van der Waals surface area contributed by atoms with Gasteiger partial charge in [-0.1, -0.05) is 42.5 Å². The minimum Gasteiger partial charge on any atom is -0.463 e. The molecule has 0 bridgehead atoms. The van der Waals surface area contributed by atoms with Crippen molar-refractivity contribution in [2.24, 2.45) is 0 Å². The molecule has 4 rings (SSSR count). The molecular formula is C24H27FN4O3. The number of benzene rings is 2. The Morgan fingerprint density at radius 3 is 2.44 bits per heavy atom. The molecule has 1 saturated heterocycles. The summed E-state index contributed by atoms with van der Waals surface area (Å²) in [5.74, 6) is -0.682. The van der Waals surface area contributed by atoms with E-state index in [9.17, 15) is 14.0 Å². The Labute approximate surface area is 186 Å². The van der Waals surface area contributed by atoms with Crippen LogP contribution in [0, 0.1) is 5.82 Å². The van der Waals surface area contributed by atoms with Crippen LogP contribution in [0.4, 0.5) is 14.9 Å². The Morgan fingerprint density at radius 2 is 1.75 bits per heavy atom. The second-order valence-corrected chi connectivity index (χ2v) is 7.77. The van der Waals surface area contributed by atoms with Gasteiger partial charge in [0.2, 0.25) is 0 Å². The number of carbonyl (C=O) groups is 2. The highest BCUT2D eigenvalue weighted by Gasteiger charge is 2.34. The van der Waals surface area contributed by atoms with E-state index in [1.165, 1.54) is 6.07 Å². The molecule has 0 aliphatic carbocycles. The van der Waals surface area contributed by atoms with E-state index in [1.54, 1.807) is 19.1 Å². The number of hydrogen-bond acceptors (Lipinski definition) is 5. The summed E-state index contributed by atoms with van der Waals surface area (Å²) in [6.45, 7) is 5.05. The number of ether oxygens (including phenoxy) is 1. The Bertz CT molecular complexity index is 1000. The molecule has 1 fully saturated rings. The van der Waals surface area contributed by atoms with Crippen molar-refractivity contribution >= 4 is 17.7 Å². The number of carbonyl (C=O) groups excluding carboxylic acids is 2.